The molecule has 2 rings (SSSR count). The van der Waals surface area contributed by atoms with Crippen LogP contribution in [-0.4, -0.2) is 23.9 Å². The molecule has 1 aromatic carbocycles. The topological polar surface area (TPSA) is 84.2 Å². The standard InChI is InChI=1S/C14H19N3O2/c1-8-11(14(19)17-9(2)13(15)18)7-10-5-3-4-6-12(10)16-8/h3-6,8-9,11,16H,7H2,1-2H3,(H2,15,18)(H,17,19). The highest BCUT2D eigenvalue weighted by molar-refractivity contribution is 5.88. The van der Waals surface area contributed by atoms with Crippen LogP contribution < -0.4 is 16.4 Å². The number of fused-ring (bicyclic) bond motifs is 1. The second-order valence-corrected chi connectivity index (χ2v) is 5.03. The van der Waals surface area contributed by atoms with Crippen LogP contribution in [0.3, 0.4) is 0 Å². The molecule has 0 aromatic heterocycles. The van der Waals surface area contributed by atoms with Crippen LogP contribution in [0.2, 0.25) is 0 Å². The van der Waals surface area contributed by atoms with Crippen molar-refractivity contribution in [1.29, 1.82) is 0 Å². The summed E-state index contributed by atoms with van der Waals surface area (Å²) in [6.07, 6.45) is 0.668. The minimum atomic E-state index is -0.642. The van der Waals surface area contributed by atoms with Crippen molar-refractivity contribution in [3.63, 3.8) is 0 Å². The molecule has 3 atom stereocenters. The second-order valence-electron chi connectivity index (χ2n) is 5.03. The van der Waals surface area contributed by atoms with Crippen LogP contribution in [-0.2, 0) is 16.0 Å². The maximum absolute atomic E-state index is 12.2. The molecular weight excluding hydrogens is 242 g/mol. The normalized spacial score (nSPS) is 22.8. The molecule has 1 heterocycles. The van der Waals surface area contributed by atoms with Crippen molar-refractivity contribution in [2.45, 2.75) is 32.4 Å². The highest BCUT2D eigenvalue weighted by Crippen LogP contribution is 2.28. The monoisotopic (exact) mass is 261 g/mol. The molecular formula is C14H19N3O2. The molecule has 102 valence electrons. The molecule has 0 aliphatic carbocycles. The zero-order valence-electron chi connectivity index (χ0n) is 11.1. The van der Waals surface area contributed by atoms with Crippen LogP contribution >= 0.6 is 0 Å². The van der Waals surface area contributed by atoms with Crippen molar-refractivity contribution in [1.82, 2.24) is 5.32 Å². The first-order valence-electron chi connectivity index (χ1n) is 6.43. The minimum absolute atomic E-state index is 0.0231. The molecule has 0 saturated heterocycles. The average molecular weight is 261 g/mol. The van der Waals surface area contributed by atoms with Gasteiger partial charge in [0.2, 0.25) is 11.8 Å². The lowest BCUT2D eigenvalue weighted by atomic mass is 9.87. The van der Waals surface area contributed by atoms with Crippen LogP contribution in [0.25, 0.3) is 0 Å². The van der Waals surface area contributed by atoms with Gasteiger partial charge in [-0.15, -0.1) is 0 Å². The highest BCUT2D eigenvalue weighted by atomic mass is 16.2. The summed E-state index contributed by atoms with van der Waals surface area (Å²) in [5.41, 5.74) is 7.35. The molecule has 0 radical (unpaired) electrons. The Hall–Kier alpha value is -2.04. The van der Waals surface area contributed by atoms with E-state index in [1.807, 2.05) is 31.2 Å². The first kappa shape index (κ1) is 13.4. The Morgan fingerprint density at radius 1 is 1.42 bits per heavy atom. The van der Waals surface area contributed by atoms with Crippen LogP contribution in [0, 0.1) is 5.92 Å². The number of rotatable bonds is 3. The van der Waals surface area contributed by atoms with Gasteiger partial charge in [0.25, 0.3) is 0 Å². The Bertz CT molecular complexity index is 501. The third kappa shape index (κ3) is 2.86. The van der Waals surface area contributed by atoms with Gasteiger partial charge in [0.1, 0.15) is 6.04 Å². The Kier molecular flexibility index (Phi) is 3.74. The van der Waals surface area contributed by atoms with Gasteiger partial charge in [0, 0.05) is 11.7 Å². The van der Waals surface area contributed by atoms with E-state index in [2.05, 4.69) is 10.6 Å². The van der Waals surface area contributed by atoms with Gasteiger partial charge in [-0.25, -0.2) is 0 Å². The van der Waals surface area contributed by atoms with E-state index in [-0.39, 0.29) is 17.9 Å². The maximum atomic E-state index is 12.2. The highest BCUT2D eigenvalue weighted by Gasteiger charge is 2.31. The van der Waals surface area contributed by atoms with E-state index in [9.17, 15) is 9.59 Å². The first-order chi connectivity index (χ1) is 8.99. The number of carbonyl (C=O) groups excluding carboxylic acids is 2. The Morgan fingerprint density at radius 3 is 2.79 bits per heavy atom. The molecule has 0 saturated carbocycles. The molecule has 2 amide bonds. The fourth-order valence-corrected chi connectivity index (χ4v) is 2.31. The van der Waals surface area contributed by atoms with Gasteiger partial charge in [-0.1, -0.05) is 18.2 Å². The lowest BCUT2D eigenvalue weighted by Crippen LogP contribution is -2.49. The number of benzene rings is 1. The number of amides is 2. The quantitative estimate of drug-likeness (QED) is 0.747. The predicted molar refractivity (Wildman–Crippen MR) is 73.5 cm³/mol. The Labute approximate surface area is 112 Å². The molecule has 5 nitrogen and oxygen atoms in total. The number of para-hydroxylation sites is 1. The summed E-state index contributed by atoms with van der Waals surface area (Å²) in [6, 6.07) is 7.32. The Morgan fingerprint density at radius 2 is 2.11 bits per heavy atom. The third-order valence-corrected chi connectivity index (χ3v) is 3.57. The lowest BCUT2D eigenvalue weighted by Gasteiger charge is -2.32. The van der Waals surface area contributed by atoms with E-state index in [0.717, 1.165) is 11.3 Å². The van der Waals surface area contributed by atoms with Crippen molar-refractivity contribution in [2.75, 3.05) is 5.32 Å². The predicted octanol–water partition coefficient (Wildman–Crippen LogP) is 0.649. The van der Waals surface area contributed by atoms with E-state index in [1.54, 1.807) is 6.92 Å². The van der Waals surface area contributed by atoms with Crippen LogP contribution in [0.1, 0.15) is 19.4 Å². The molecule has 4 N–H and O–H groups in total. The van der Waals surface area contributed by atoms with Gasteiger partial charge >= 0.3 is 0 Å². The summed E-state index contributed by atoms with van der Waals surface area (Å²) in [5, 5.41) is 5.97. The van der Waals surface area contributed by atoms with Crippen molar-refractivity contribution < 1.29 is 9.59 Å². The van der Waals surface area contributed by atoms with Crippen LogP contribution in [0.5, 0.6) is 0 Å². The maximum Gasteiger partial charge on any atom is 0.239 e. The fraction of sp³-hybridized carbons (Fsp3) is 0.429. The van der Waals surface area contributed by atoms with Crippen molar-refractivity contribution >= 4 is 17.5 Å². The van der Waals surface area contributed by atoms with Crippen molar-refractivity contribution in [2.24, 2.45) is 11.7 Å². The summed E-state index contributed by atoms with van der Waals surface area (Å²) in [7, 11) is 0. The van der Waals surface area contributed by atoms with E-state index < -0.39 is 11.9 Å². The van der Waals surface area contributed by atoms with Crippen molar-refractivity contribution in [3.05, 3.63) is 29.8 Å². The summed E-state index contributed by atoms with van der Waals surface area (Å²) in [6.45, 7) is 3.56. The number of anilines is 1. The Balaban J connectivity index is 2.10. The molecule has 0 bridgehead atoms. The number of hydrogen-bond donors (Lipinski definition) is 3. The molecule has 3 unspecified atom stereocenters. The zero-order chi connectivity index (χ0) is 14.0. The van der Waals surface area contributed by atoms with E-state index >= 15 is 0 Å². The summed E-state index contributed by atoms with van der Waals surface area (Å²) in [4.78, 5) is 23.2. The average Bonchev–Trinajstić information content (AvgIpc) is 2.37. The number of carbonyl (C=O) groups is 2. The SMILES string of the molecule is CC(NC(=O)C1Cc2ccccc2NC1C)C(N)=O. The fourth-order valence-electron chi connectivity index (χ4n) is 2.31. The molecule has 1 aliphatic heterocycles. The lowest BCUT2D eigenvalue weighted by molar-refractivity contribution is -0.129. The molecule has 0 fully saturated rings. The molecule has 19 heavy (non-hydrogen) atoms. The minimum Gasteiger partial charge on any atom is -0.382 e. The first-order valence-corrected chi connectivity index (χ1v) is 6.43. The number of hydrogen-bond acceptors (Lipinski definition) is 3. The van der Waals surface area contributed by atoms with E-state index in [4.69, 9.17) is 5.73 Å². The molecule has 1 aromatic rings. The number of nitrogens with two attached hydrogens (primary N) is 1. The summed E-state index contributed by atoms with van der Waals surface area (Å²) in [5.74, 6) is -0.859. The largest absolute Gasteiger partial charge is 0.382 e. The summed E-state index contributed by atoms with van der Waals surface area (Å²) >= 11 is 0. The van der Waals surface area contributed by atoms with E-state index in [0.29, 0.717) is 6.42 Å². The van der Waals surface area contributed by atoms with Gasteiger partial charge in [0.05, 0.1) is 5.92 Å². The number of nitrogens with one attached hydrogen (secondary N) is 2. The van der Waals surface area contributed by atoms with Gasteiger partial charge in [-0.3, -0.25) is 9.59 Å². The van der Waals surface area contributed by atoms with Gasteiger partial charge in [-0.05, 0) is 31.9 Å². The number of primary amides is 1. The van der Waals surface area contributed by atoms with Gasteiger partial charge in [-0.2, -0.15) is 0 Å². The third-order valence-electron chi connectivity index (χ3n) is 3.57. The van der Waals surface area contributed by atoms with Crippen molar-refractivity contribution in [3.8, 4) is 0 Å². The van der Waals surface area contributed by atoms with Crippen LogP contribution in [0.15, 0.2) is 24.3 Å². The molecule has 5 heteroatoms. The second kappa shape index (κ2) is 5.30. The van der Waals surface area contributed by atoms with Gasteiger partial charge < -0.3 is 16.4 Å². The smallest absolute Gasteiger partial charge is 0.239 e. The molecule has 1 aliphatic rings. The zero-order valence-corrected chi connectivity index (χ0v) is 11.1. The van der Waals surface area contributed by atoms with E-state index in [1.165, 1.54) is 0 Å². The molecule has 0 spiro atoms. The van der Waals surface area contributed by atoms with Crippen LogP contribution in [0.4, 0.5) is 5.69 Å². The summed E-state index contributed by atoms with van der Waals surface area (Å²) < 4.78 is 0. The van der Waals surface area contributed by atoms with Gasteiger partial charge in [0.15, 0.2) is 0 Å².